The number of benzene rings is 1. The SMILES string of the molecule is CCc1ccc(C)cc1SC(C)=N. The standard InChI is InChI=1S/C11H15NS/c1-4-10-6-5-8(2)7-11(10)13-9(3)12/h5-7,12H,4H2,1-3H3. The quantitative estimate of drug-likeness (QED) is 0.432. The van der Waals surface area contributed by atoms with E-state index >= 15 is 0 Å². The van der Waals surface area contributed by atoms with Crippen molar-refractivity contribution in [2.75, 3.05) is 0 Å². The van der Waals surface area contributed by atoms with Crippen LogP contribution in [0.1, 0.15) is 25.0 Å². The first kappa shape index (κ1) is 10.3. The summed E-state index contributed by atoms with van der Waals surface area (Å²) in [6, 6.07) is 6.43. The molecule has 0 aliphatic heterocycles. The lowest BCUT2D eigenvalue weighted by atomic mass is 10.1. The van der Waals surface area contributed by atoms with Gasteiger partial charge in [-0.05, 0) is 37.5 Å². The van der Waals surface area contributed by atoms with Crippen LogP contribution in [0.4, 0.5) is 0 Å². The predicted molar refractivity (Wildman–Crippen MR) is 59.8 cm³/mol. The van der Waals surface area contributed by atoms with Crippen LogP contribution in [0.2, 0.25) is 0 Å². The summed E-state index contributed by atoms with van der Waals surface area (Å²) in [7, 11) is 0. The topological polar surface area (TPSA) is 23.9 Å². The summed E-state index contributed by atoms with van der Waals surface area (Å²) in [6.45, 7) is 6.06. The Hall–Kier alpha value is -0.760. The van der Waals surface area contributed by atoms with E-state index in [1.807, 2.05) is 6.92 Å². The minimum atomic E-state index is 0.653. The second-order valence-corrected chi connectivity index (χ2v) is 4.38. The lowest BCUT2D eigenvalue weighted by Crippen LogP contribution is -1.89. The van der Waals surface area contributed by atoms with Crippen molar-refractivity contribution in [2.24, 2.45) is 0 Å². The lowest BCUT2D eigenvalue weighted by Gasteiger charge is -2.06. The molecule has 1 N–H and O–H groups in total. The molecule has 2 heteroatoms. The van der Waals surface area contributed by atoms with Crippen LogP contribution in [-0.4, -0.2) is 5.04 Å². The van der Waals surface area contributed by atoms with Crippen molar-refractivity contribution in [3.8, 4) is 0 Å². The van der Waals surface area contributed by atoms with Crippen molar-refractivity contribution >= 4 is 16.8 Å². The number of rotatable bonds is 2. The summed E-state index contributed by atoms with van der Waals surface area (Å²) in [4.78, 5) is 1.23. The van der Waals surface area contributed by atoms with Crippen LogP contribution in [0, 0.1) is 12.3 Å². The highest BCUT2D eigenvalue weighted by Gasteiger charge is 2.02. The van der Waals surface area contributed by atoms with Gasteiger partial charge in [-0.3, -0.25) is 5.41 Å². The van der Waals surface area contributed by atoms with E-state index < -0.39 is 0 Å². The van der Waals surface area contributed by atoms with Gasteiger partial charge in [0, 0.05) is 4.90 Å². The highest BCUT2D eigenvalue weighted by Crippen LogP contribution is 2.25. The highest BCUT2D eigenvalue weighted by molar-refractivity contribution is 8.13. The molecule has 0 aliphatic carbocycles. The van der Waals surface area contributed by atoms with Gasteiger partial charge in [0.2, 0.25) is 0 Å². The molecule has 1 aromatic rings. The first-order chi connectivity index (χ1) is 6.13. The van der Waals surface area contributed by atoms with Gasteiger partial charge in [0.15, 0.2) is 0 Å². The van der Waals surface area contributed by atoms with Crippen molar-refractivity contribution in [1.29, 1.82) is 5.41 Å². The van der Waals surface area contributed by atoms with Gasteiger partial charge in [-0.1, -0.05) is 30.8 Å². The Morgan fingerprint density at radius 1 is 1.46 bits per heavy atom. The number of aryl methyl sites for hydroxylation is 2. The molecule has 0 radical (unpaired) electrons. The van der Waals surface area contributed by atoms with Gasteiger partial charge >= 0.3 is 0 Å². The fraction of sp³-hybridized carbons (Fsp3) is 0.364. The predicted octanol–water partition coefficient (Wildman–Crippen LogP) is 3.65. The molecular weight excluding hydrogens is 178 g/mol. The van der Waals surface area contributed by atoms with Gasteiger partial charge in [0.05, 0.1) is 5.04 Å². The molecule has 1 nitrogen and oxygen atoms in total. The molecule has 0 fully saturated rings. The van der Waals surface area contributed by atoms with Gasteiger partial charge in [0.25, 0.3) is 0 Å². The molecule has 0 saturated carbocycles. The average molecular weight is 193 g/mol. The van der Waals surface area contributed by atoms with Gasteiger partial charge in [-0.15, -0.1) is 0 Å². The zero-order valence-corrected chi connectivity index (χ0v) is 9.16. The molecule has 13 heavy (non-hydrogen) atoms. The Balaban J connectivity index is 3.01. The maximum Gasteiger partial charge on any atom is 0.0658 e. The molecule has 0 unspecified atom stereocenters. The summed E-state index contributed by atoms with van der Waals surface area (Å²) in [6.07, 6.45) is 1.04. The largest absolute Gasteiger partial charge is 0.298 e. The zero-order chi connectivity index (χ0) is 9.84. The third kappa shape index (κ3) is 2.88. The van der Waals surface area contributed by atoms with E-state index in [2.05, 4.69) is 32.0 Å². The molecular formula is C11H15NS. The van der Waals surface area contributed by atoms with Crippen LogP contribution >= 0.6 is 11.8 Å². The molecule has 0 spiro atoms. The first-order valence-electron chi connectivity index (χ1n) is 4.46. The van der Waals surface area contributed by atoms with E-state index in [0.29, 0.717) is 5.04 Å². The molecule has 0 atom stereocenters. The normalized spacial score (nSPS) is 10.1. The van der Waals surface area contributed by atoms with Crippen LogP contribution in [0.15, 0.2) is 23.1 Å². The van der Waals surface area contributed by atoms with E-state index in [0.717, 1.165) is 6.42 Å². The maximum atomic E-state index is 7.44. The minimum Gasteiger partial charge on any atom is -0.298 e. The number of hydrogen-bond acceptors (Lipinski definition) is 2. The third-order valence-corrected chi connectivity index (χ3v) is 2.77. The molecule has 1 rings (SSSR count). The summed E-state index contributed by atoms with van der Waals surface area (Å²) >= 11 is 1.55. The maximum absolute atomic E-state index is 7.44. The van der Waals surface area contributed by atoms with Crippen molar-refractivity contribution in [2.45, 2.75) is 32.1 Å². The second kappa shape index (κ2) is 4.47. The van der Waals surface area contributed by atoms with Crippen LogP contribution < -0.4 is 0 Å². The number of hydrogen-bond donors (Lipinski definition) is 1. The molecule has 70 valence electrons. The molecule has 0 heterocycles. The van der Waals surface area contributed by atoms with Gasteiger partial charge < -0.3 is 0 Å². The molecule has 0 amide bonds. The van der Waals surface area contributed by atoms with Crippen LogP contribution in [0.3, 0.4) is 0 Å². The number of nitrogens with one attached hydrogen (secondary N) is 1. The van der Waals surface area contributed by atoms with Gasteiger partial charge in [-0.25, -0.2) is 0 Å². The van der Waals surface area contributed by atoms with Crippen molar-refractivity contribution < 1.29 is 0 Å². The first-order valence-corrected chi connectivity index (χ1v) is 5.27. The number of thioether (sulfide) groups is 1. The summed E-state index contributed by atoms with van der Waals surface area (Å²) in [5, 5.41) is 8.09. The molecule has 0 saturated heterocycles. The lowest BCUT2D eigenvalue weighted by molar-refractivity contribution is 1.08. The van der Waals surface area contributed by atoms with Crippen molar-refractivity contribution in [3.63, 3.8) is 0 Å². The van der Waals surface area contributed by atoms with E-state index in [-0.39, 0.29) is 0 Å². The van der Waals surface area contributed by atoms with Gasteiger partial charge in [-0.2, -0.15) is 0 Å². The Morgan fingerprint density at radius 3 is 2.69 bits per heavy atom. The summed E-state index contributed by atoms with van der Waals surface area (Å²) in [5.74, 6) is 0. The Morgan fingerprint density at radius 2 is 2.15 bits per heavy atom. The van der Waals surface area contributed by atoms with Crippen LogP contribution in [0.5, 0.6) is 0 Å². The van der Waals surface area contributed by atoms with Crippen LogP contribution in [-0.2, 0) is 6.42 Å². The van der Waals surface area contributed by atoms with E-state index in [4.69, 9.17) is 5.41 Å². The molecule has 0 aromatic heterocycles. The highest BCUT2D eigenvalue weighted by atomic mass is 32.2. The third-order valence-electron chi connectivity index (χ3n) is 1.87. The fourth-order valence-corrected chi connectivity index (χ4v) is 2.13. The van der Waals surface area contributed by atoms with Crippen LogP contribution in [0.25, 0.3) is 0 Å². The van der Waals surface area contributed by atoms with Crippen molar-refractivity contribution in [1.82, 2.24) is 0 Å². The van der Waals surface area contributed by atoms with Gasteiger partial charge in [0.1, 0.15) is 0 Å². The average Bonchev–Trinajstić information content (AvgIpc) is 2.03. The molecule has 1 aromatic carbocycles. The fourth-order valence-electron chi connectivity index (χ4n) is 1.21. The summed E-state index contributed by atoms with van der Waals surface area (Å²) in [5.41, 5.74) is 2.60. The zero-order valence-electron chi connectivity index (χ0n) is 8.35. The van der Waals surface area contributed by atoms with E-state index in [1.54, 1.807) is 11.8 Å². The van der Waals surface area contributed by atoms with E-state index in [9.17, 15) is 0 Å². The van der Waals surface area contributed by atoms with E-state index in [1.165, 1.54) is 16.0 Å². The smallest absolute Gasteiger partial charge is 0.0658 e. The minimum absolute atomic E-state index is 0.653. The Labute approximate surface area is 84.1 Å². The monoisotopic (exact) mass is 193 g/mol. The molecule has 0 aliphatic rings. The summed E-state index contributed by atoms with van der Waals surface area (Å²) < 4.78 is 0. The van der Waals surface area contributed by atoms with Crippen molar-refractivity contribution in [3.05, 3.63) is 29.3 Å². The Bertz CT molecular complexity index is 318. The second-order valence-electron chi connectivity index (χ2n) is 3.12. The Kier molecular flexibility index (Phi) is 3.55. The molecule has 0 bridgehead atoms.